The van der Waals surface area contributed by atoms with E-state index in [-0.39, 0.29) is 29.4 Å². The van der Waals surface area contributed by atoms with Crippen molar-refractivity contribution in [1.29, 1.82) is 0 Å². The lowest BCUT2D eigenvalue weighted by Gasteiger charge is -2.38. The SMILES string of the molecule is COC(=O)[C@@H]1CCCN1C[C@H]1CC2(CCN(C(=O)c3cc(OC)cc(OC)c3)CC2)CO1. The van der Waals surface area contributed by atoms with E-state index in [1.807, 2.05) is 4.90 Å². The second kappa shape index (κ2) is 9.67. The lowest BCUT2D eigenvalue weighted by Crippen LogP contribution is -2.44. The van der Waals surface area contributed by atoms with E-state index in [4.69, 9.17) is 18.9 Å². The zero-order valence-electron chi connectivity index (χ0n) is 19.3. The Morgan fingerprint density at radius 2 is 1.75 bits per heavy atom. The molecule has 3 aliphatic heterocycles. The molecule has 2 atom stereocenters. The standard InChI is InChI=1S/C24H34N2O6/c1-29-18-11-17(12-19(13-18)30-2)22(27)25-9-6-24(7-10-25)14-20(32-16-24)15-26-8-4-5-21(26)23(28)31-3/h11-13,20-21H,4-10,14-16H2,1-3H3/t20-,21+/m1/s1. The molecule has 8 heteroatoms. The molecular formula is C24H34N2O6. The summed E-state index contributed by atoms with van der Waals surface area (Å²) in [6.07, 6.45) is 4.84. The minimum absolute atomic E-state index is 0.00509. The molecule has 0 N–H and O–H groups in total. The van der Waals surface area contributed by atoms with Crippen LogP contribution in [0.4, 0.5) is 0 Å². The topological polar surface area (TPSA) is 77.5 Å². The van der Waals surface area contributed by atoms with Gasteiger partial charge in [-0.1, -0.05) is 0 Å². The molecule has 3 saturated heterocycles. The maximum Gasteiger partial charge on any atom is 0.323 e. The van der Waals surface area contributed by atoms with E-state index in [9.17, 15) is 9.59 Å². The number of hydrogen-bond acceptors (Lipinski definition) is 7. The zero-order valence-corrected chi connectivity index (χ0v) is 19.3. The summed E-state index contributed by atoms with van der Waals surface area (Å²) in [4.78, 5) is 29.3. The highest BCUT2D eigenvalue weighted by Crippen LogP contribution is 2.43. The third kappa shape index (κ3) is 4.71. The number of esters is 1. The molecule has 1 aromatic rings. The average molecular weight is 447 g/mol. The molecule has 0 aliphatic carbocycles. The van der Waals surface area contributed by atoms with Gasteiger partial charge in [0.2, 0.25) is 0 Å². The number of carbonyl (C=O) groups excluding carboxylic acids is 2. The molecule has 32 heavy (non-hydrogen) atoms. The van der Waals surface area contributed by atoms with Crippen molar-refractivity contribution in [3.05, 3.63) is 23.8 Å². The lowest BCUT2D eigenvalue weighted by molar-refractivity contribution is -0.146. The molecule has 0 aromatic heterocycles. The largest absolute Gasteiger partial charge is 0.497 e. The second-order valence-corrected chi connectivity index (χ2v) is 9.21. The van der Waals surface area contributed by atoms with Crippen LogP contribution >= 0.6 is 0 Å². The molecule has 3 heterocycles. The molecule has 1 amide bonds. The summed E-state index contributed by atoms with van der Waals surface area (Å²) in [7, 11) is 4.62. The van der Waals surface area contributed by atoms with Crippen molar-refractivity contribution in [2.24, 2.45) is 5.41 Å². The number of amides is 1. The summed E-state index contributed by atoms with van der Waals surface area (Å²) >= 11 is 0. The van der Waals surface area contributed by atoms with Gasteiger partial charge in [0.25, 0.3) is 5.91 Å². The number of nitrogens with zero attached hydrogens (tertiary/aromatic N) is 2. The first kappa shape index (κ1) is 22.9. The summed E-state index contributed by atoms with van der Waals surface area (Å²) in [6.45, 7) is 3.84. The maximum atomic E-state index is 13.1. The maximum absolute atomic E-state index is 13.1. The summed E-state index contributed by atoms with van der Waals surface area (Å²) < 4.78 is 21.8. The minimum atomic E-state index is -0.142. The van der Waals surface area contributed by atoms with E-state index in [0.29, 0.717) is 30.2 Å². The Morgan fingerprint density at radius 3 is 2.38 bits per heavy atom. The van der Waals surface area contributed by atoms with Gasteiger partial charge in [-0.05, 0) is 56.2 Å². The zero-order chi connectivity index (χ0) is 22.7. The molecule has 4 rings (SSSR count). The van der Waals surface area contributed by atoms with Crippen LogP contribution in [0.2, 0.25) is 0 Å². The van der Waals surface area contributed by atoms with Crippen LogP contribution in [0.15, 0.2) is 18.2 Å². The second-order valence-electron chi connectivity index (χ2n) is 9.21. The summed E-state index contributed by atoms with van der Waals surface area (Å²) in [5.74, 6) is 1.09. The third-order valence-corrected chi connectivity index (χ3v) is 7.27. The van der Waals surface area contributed by atoms with Crippen LogP contribution in [0.1, 0.15) is 42.5 Å². The van der Waals surface area contributed by atoms with Crippen LogP contribution in [0.25, 0.3) is 0 Å². The Hall–Kier alpha value is -2.32. The highest BCUT2D eigenvalue weighted by Gasteiger charge is 2.44. The number of hydrogen-bond donors (Lipinski definition) is 0. The van der Waals surface area contributed by atoms with E-state index < -0.39 is 0 Å². The first-order valence-corrected chi connectivity index (χ1v) is 11.4. The van der Waals surface area contributed by atoms with E-state index in [0.717, 1.165) is 51.8 Å². The van der Waals surface area contributed by atoms with Gasteiger partial charge in [-0.15, -0.1) is 0 Å². The molecule has 8 nitrogen and oxygen atoms in total. The van der Waals surface area contributed by atoms with Gasteiger partial charge in [-0.3, -0.25) is 14.5 Å². The molecule has 3 fully saturated rings. The van der Waals surface area contributed by atoms with Gasteiger partial charge in [0, 0.05) is 31.3 Å². The van der Waals surface area contributed by atoms with Gasteiger partial charge in [-0.2, -0.15) is 0 Å². The Morgan fingerprint density at radius 1 is 1.06 bits per heavy atom. The molecule has 0 saturated carbocycles. The van der Waals surface area contributed by atoms with Crippen molar-refractivity contribution in [2.75, 3.05) is 54.1 Å². The Kier molecular flexibility index (Phi) is 6.90. The van der Waals surface area contributed by atoms with Gasteiger partial charge >= 0.3 is 5.97 Å². The van der Waals surface area contributed by atoms with Crippen LogP contribution in [-0.4, -0.2) is 87.9 Å². The van der Waals surface area contributed by atoms with E-state index >= 15 is 0 Å². The summed E-state index contributed by atoms with van der Waals surface area (Å²) in [5, 5.41) is 0. The van der Waals surface area contributed by atoms with Crippen molar-refractivity contribution < 1.29 is 28.5 Å². The number of carbonyl (C=O) groups is 2. The predicted molar refractivity (Wildman–Crippen MR) is 118 cm³/mol. The highest BCUT2D eigenvalue weighted by atomic mass is 16.5. The molecule has 176 valence electrons. The first-order valence-electron chi connectivity index (χ1n) is 11.4. The molecule has 1 aromatic carbocycles. The van der Waals surface area contributed by atoms with Crippen LogP contribution in [-0.2, 0) is 14.3 Å². The van der Waals surface area contributed by atoms with Crippen LogP contribution in [0, 0.1) is 5.41 Å². The van der Waals surface area contributed by atoms with Gasteiger partial charge in [0.05, 0.1) is 34.0 Å². The van der Waals surface area contributed by atoms with Gasteiger partial charge in [0.15, 0.2) is 0 Å². The molecular weight excluding hydrogens is 412 g/mol. The normalized spacial score (nSPS) is 25.2. The quantitative estimate of drug-likeness (QED) is 0.621. The minimum Gasteiger partial charge on any atom is -0.497 e. The van der Waals surface area contributed by atoms with Crippen molar-refractivity contribution >= 4 is 11.9 Å². The van der Waals surface area contributed by atoms with Gasteiger partial charge in [-0.25, -0.2) is 0 Å². The van der Waals surface area contributed by atoms with E-state index in [1.54, 1.807) is 32.4 Å². The summed E-state index contributed by atoms with van der Waals surface area (Å²) in [6, 6.07) is 5.15. The fourth-order valence-corrected chi connectivity index (χ4v) is 5.37. The first-order chi connectivity index (χ1) is 15.5. The lowest BCUT2D eigenvalue weighted by atomic mass is 9.76. The smallest absolute Gasteiger partial charge is 0.323 e. The molecule has 1 spiro atoms. The molecule has 0 unspecified atom stereocenters. The number of methoxy groups -OCH3 is 3. The number of benzene rings is 1. The third-order valence-electron chi connectivity index (χ3n) is 7.27. The Labute approximate surface area is 189 Å². The fraction of sp³-hybridized carbons (Fsp3) is 0.667. The fourth-order valence-electron chi connectivity index (χ4n) is 5.37. The number of piperidine rings is 1. The van der Waals surface area contributed by atoms with Gasteiger partial charge in [0.1, 0.15) is 17.5 Å². The average Bonchev–Trinajstić information content (AvgIpc) is 3.45. The molecule has 0 bridgehead atoms. The highest BCUT2D eigenvalue weighted by molar-refractivity contribution is 5.95. The van der Waals surface area contributed by atoms with Crippen molar-refractivity contribution in [2.45, 2.75) is 44.2 Å². The predicted octanol–water partition coefficient (Wildman–Crippen LogP) is 2.35. The monoisotopic (exact) mass is 446 g/mol. The Bertz CT molecular complexity index is 814. The summed E-state index contributed by atoms with van der Waals surface area (Å²) in [5.41, 5.74) is 0.703. The number of ether oxygens (including phenoxy) is 4. The van der Waals surface area contributed by atoms with E-state index in [1.165, 1.54) is 7.11 Å². The van der Waals surface area contributed by atoms with Crippen molar-refractivity contribution in [1.82, 2.24) is 9.80 Å². The van der Waals surface area contributed by atoms with Crippen LogP contribution in [0.5, 0.6) is 11.5 Å². The molecule has 3 aliphatic rings. The van der Waals surface area contributed by atoms with Gasteiger partial charge < -0.3 is 23.8 Å². The molecule has 0 radical (unpaired) electrons. The van der Waals surface area contributed by atoms with Crippen LogP contribution < -0.4 is 9.47 Å². The van der Waals surface area contributed by atoms with Crippen molar-refractivity contribution in [3.63, 3.8) is 0 Å². The number of rotatable bonds is 6. The van der Waals surface area contributed by atoms with Crippen molar-refractivity contribution in [3.8, 4) is 11.5 Å². The number of likely N-dealkylation sites (tertiary alicyclic amines) is 2. The van der Waals surface area contributed by atoms with E-state index in [2.05, 4.69) is 4.90 Å². The van der Waals surface area contributed by atoms with Crippen LogP contribution in [0.3, 0.4) is 0 Å². The Balaban J connectivity index is 1.33.